The number of amides is 2. The summed E-state index contributed by atoms with van der Waals surface area (Å²) < 4.78 is 6.28. The summed E-state index contributed by atoms with van der Waals surface area (Å²) in [5.41, 5.74) is 3.18. The fourth-order valence-electron chi connectivity index (χ4n) is 6.67. The molecule has 7 nitrogen and oxygen atoms in total. The third kappa shape index (κ3) is 6.64. The lowest BCUT2D eigenvalue weighted by molar-refractivity contribution is -0.130. The number of piperidine rings is 3. The normalized spacial score (nSPS) is 24.6. The number of halogens is 2. The first-order valence-electron chi connectivity index (χ1n) is 14.9. The standard InChI is InChI=1S/C33H38Cl2N4O3/c1-37(27-16-23-4-2-3-5-24(23)17-27)33(41)21-39(20-32(40)36-29-19-38-14-12-22(29)13-15-38)30-18-26(35)8-11-31(30)42-28-9-6-25(34)7-10-28/h2-6,8-11,18,22,25,27,29H,7,12-17,19-21H2,1H3,(H,36,40). The molecular formula is C33H38Cl2N4O3. The second kappa shape index (κ2) is 12.7. The van der Waals surface area contributed by atoms with Crippen molar-refractivity contribution < 1.29 is 14.3 Å². The molecule has 0 spiro atoms. The summed E-state index contributed by atoms with van der Waals surface area (Å²) in [5.74, 6) is 1.54. The van der Waals surface area contributed by atoms with Crippen LogP contribution in [0.3, 0.4) is 0 Å². The minimum atomic E-state index is -0.106. The summed E-state index contributed by atoms with van der Waals surface area (Å²) in [6.07, 6.45) is 10.2. The molecule has 3 fully saturated rings. The van der Waals surface area contributed by atoms with Gasteiger partial charge in [0, 0.05) is 30.7 Å². The van der Waals surface area contributed by atoms with Gasteiger partial charge in [0.2, 0.25) is 11.8 Å². The molecule has 0 saturated carbocycles. The van der Waals surface area contributed by atoms with E-state index in [-0.39, 0.29) is 42.4 Å². The lowest BCUT2D eigenvalue weighted by atomic mass is 9.84. The number of hydrogen-bond acceptors (Lipinski definition) is 5. The van der Waals surface area contributed by atoms with Crippen LogP contribution in [0, 0.1) is 5.92 Å². The van der Waals surface area contributed by atoms with E-state index in [1.807, 2.05) is 42.3 Å². The zero-order valence-electron chi connectivity index (χ0n) is 24.0. The smallest absolute Gasteiger partial charge is 0.242 e. The van der Waals surface area contributed by atoms with Crippen LogP contribution in [0.4, 0.5) is 5.69 Å². The maximum atomic E-state index is 13.8. The number of carbonyl (C=O) groups excluding carboxylic acids is 2. The van der Waals surface area contributed by atoms with Crippen LogP contribution in [0.1, 0.15) is 30.4 Å². The van der Waals surface area contributed by atoms with Gasteiger partial charge in [0.25, 0.3) is 0 Å². The van der Waals surface area contributed by atoms with Crippen LogP contribution in [0.2, 0.25) is 5.02 Å². The predicted molar refractivity (Wildman–Crippen MR) is 167 cm³/mol. The highest BCUT2D eigenvalue weighted by atomic mass is 35.5. The quantitative estimate of drug-likeness (QED) is 0.414. The topological polar surface area (TPSA) is 65.1 Å². The van der Waals surface area contributed by atoms with Crippen LogP contribution in [0.15, 0.2) is 66.5 Å². The number of benzene rings is 2. The van der Waals surface area contributed by atoms with Gasteiger partial charge in [0.05, 0.1) is 24.2 Å². The van der Waals surface area contributed by atoms with E-state index in [9.17, 15) is 9.59 Å². The van der Waals surface area contributed by atoms with Gasteiger partial charge in [-0.1, -0.05) is 41.9 Å². The molecular weight excluding hydrogens is 571 g/mol. The average molecular weight is 610 g/mol. The minimum absolute atomic E-state index is 0.0169. The number of alkyl halides is 1. The number of anilines is 1. The lowest BCUT2D eigenvalue weighted by Gasteiger charge is -2.45. The molecule has 2 amide bonds. The molecule has 0 aromatic heterocycles. The van der Waals surface area contributed by atoms with E-state index < -0.39 is 0 Å². The van der Waals surface area contributed by atoms with Crippen LogP contribution in [-0.2, 0) is 22.4 Å². The first-order chi connectivity index (χ1) is 20.3. The van der Waals surface area contributed by atoms with Gasteiger partial charge in [0.15, 0.2) is 5.75 Å². The van der Waals surface area contributed by atoms with Crippen molar-refractivity contribution in [3.8, 4) is 5.75 Å². The molecule has 2 atom stereocenters. The lowest BCUT2D eigenvalue weighted by Crippen LogP contribution is -2.58. The van der Waals surface area contributed by atoms with E-state index in [1.165, 1.54) is 11.1 Å². The molecule has 7 rings (SSSR count). The maximum absolute atomic E-state index is 13.8. The van der Waals surface area contributed by atoms with E-state index in [0.29, 0.717) is 34.6 Å². The van der Waals surface area contributed by atoms with Gasteiger partial charge >= 0.3 is 0 Å². The zero-order valence-corrected chi connectivity index (χ0v) is 25.5. The van der Waals surface area contributed by atoms with Crippen LogP contribution >= 0.6 is 23.2 Å². The molecule has 9 heteroatoms. The second-order valence-electron chi connectivity index (χ2n) is 11.9. The van der Waals surface area contributed by atoms with E-state index in [1.54, 1.807) is 23.1 Å². The monoisotopic (exact) mass is 608 g/mol. The van der Waals surface area contributed by atoms with E-state index in [4.69, 9.17) is 27.9 Å². The van der Waals surface area contributed by atoms with Crippen molar-refractivity contribution in [3.05, 3.63) is 82.6 Å². The first kappa shape index (κ1) is 29.1. The number of allylic oxidation sites excluding steroid dienone is 3. The minimum Gasteiger partial charge on any atom is -0.456 e. The van der Waals surface area contributed by atoms with Gasteiger partial charge in [0.1, 0.15) is 5.76 Å². The number of nitrogens with one attached hydrogen (secondary N) is 1. The van der Waals surface area contributed by atoms with Crippen molar-refractivity contribution >= 4 is 40.7 Å². The van der Waals surface area contributed by atoms with Crippen molar-refractivity contribution in [2.45, 2.75) is 49.6 Å². The Labute approximate surface area is 258 Å². The SMILES string of the molecule is CN(C(=O)CN(CC(=O)NC1CN2CCC1CC2)c1cc(Cl)ccc1OC1=CCC(Cl)C=C1)C1Cc2ccccc2C1. The van der Waals surface area contributed by atoms with Gasteiger partial charge in [-0.15, -0.1) is 11.6 Å². The van der Waals surface area contributed by atoms with Crippen LogP contribution in [0.25, 0.3) is 0 Å². The number of hydrogen-bond donors (Lipinski definition) is 1. The molecule has 42 heavy (non-hydrogen) atoms. The molecule has 2 unspecified atom stereocenters. The molecule has 3 aliphatic heterocycles. The molecule has 2 bridgehead atoms. The Balaban J connectivity index is 1.22. The van der Waals surface area contributed by atoms with Gasteiger partial charge in [-0.05, 0) is 92.6 Å². The number of rotatable bonds is 9. The Bertz CT molecular complexity index is 1360. The summed E-state index contributed by atoms with van der Waals surface area (Å²) >= 11 is 12.7. The summed E-state index contributed by atoms with van der Waals surface area (Å²) in [6, 6.07) is 13.9. The molecule has 3 saturated heterocycles. The summed E-state index contributed by atoms with van der Waals surface area (Å²) in [4.78, 5) is 33.4. The van der Waals surface area contributed by atoms with Gasteiger partial charge in [-0.3, -0.25) is 9.59 Å². The Morgan fingerprint density at radius 2 is 1.81 bits per heavy atom. The Kier molecular flexibility index (Phi) is 8.80. The summed E-state index contributed by atoms with van der Waals surface area (Å²) in [7, 11) is 1.86. The molecule has 222 valence electrons. The van der Waals surface area contributed by atoms with E-state index in [2.05, 4.69) is 22.3 Å². The predicted octanol–water partition coefficient (Wildman–Crippen LogP) is 4.81. The molecule has 0 radical (unpaired) electrons. The highest BCUT2D eigenvalue weighted by molar-refractivity contribution is 6.31. The number of likely N-dealkylation sites (N-methyl/N-ethyl adjacent to an activating group) is 1. The van der Waals surface area contributed by atoms with Crippen LogP contribution < -0.4 is 15.0 Å². The average Bonchev–Trinajstić information content (AvgIpc) is 3.43. The third-order valence-corrected chi connectivity index (χ3v) is 9.70. The van der Waals surface area contributed by atoms with Gasteiger partial charge < -0.3 is 24.8 Å². The van der Waals surface area contributed by atoms with E-state index in [0.717, 1.165) is 45.3 Å². The summed E-state index contributed by atoms with van der Waals surface area (Å²) in [5, 5.41) is 3.72. The number of nitrogens with zero attached hydrogens (tertiary/aromatic N) is 3. The van der Waals surface area contributed by atoms with Crippen molar-refractivity contribution in [3.63, 3.8) is 0 Å². The van der Waals surface area contributed by atoms with E-state index >= 15 is 0 Å². The molecule has 1 N–H and O–H groups in total. The first-order valence-corrected chi connectivity index (χ1v) is 15.7. The molecule has 5 aliphatic rings. The Morgan fingerprint density at radius 1 is 1.07 bits per heavy atom. The second-order valence-corrected chi connectivity index (χ2v) is 12.9. The highest BCUT2D eigenvalue weighted by Crippen LogP contribution is 2.34. The number of ether oxygens (including phenoxy) is 1. The van der Waals surface area contributed by atoms with Crippen LogP contribution in [-0.4, -0.2) is 78.8 Å². The molecule has 3 heterocycles. The van der Waals surface area contributed by atoms with Crippen molar-refractivity contribution in [2.75, 3.05) is 44.7 Å². The van der Waals surface area contributed by atoms with Crippen molar-refractivity contribution in [1.29, 1.82) is 0 Å². The molecule has 2 aromatic rings. The van der Waals surface area contributed by atoms with Crippen LogP contribution in [0.5, 0.6) is 5.75 Å². The van der Waals surface area contributed by atoms with Gasteiger partial charge in [-0.2, -0.15) is 0 Å². The number of carbonyl (C=O) groups is 2. The zero-order chi connectivity index (χ0) is 29.2. The molecule has 2 aromatic carbocycles. The molecule has 2 aliphatic carbocycles. The highest BCUT2D eigenvalue weighted by Gasteiger charge is 2.35. The third-order valence-electron chi connectivity index (χ3n) is 9.14. The fourth-order valence-corrected chi connectivity index (χ4v) is 7.00. The largest absolute Gasteiger partial charge is 0.456 e. The van der Waals surface area contributed by atoms with Crippen molar-refractivity contribution in [1.82, 2.24) is 15.1 Å². The number of fused-ring (bicyclic) bond motifs is 4. The van der Waals surface area contributed by atoms with Crippen molar-refractivity contribution in [2.24, 2.45) is 5.92 Å². The Hall–Kier alpha value is -3.00. The Morgan fingerprint density at radius 3 is 2.45 bits per heavy atom. The fraction of sp³-hybridized carbons (Fsp3) is 0.455. The summed E-state index contributed by atoms with van der Waals surface area (Å²) in [6.45, 7) is 3.13. The van der Waals surface area contributed by atoms with Gasteiger partial charge in [-0.25, -0.2) is 0 Å². The maximum Gasteiger partial charge on any atom is 0.242 e.